The van der Waals surface area contributed by atoms with Crippen molar-refractivity contribution in [2.45, 2.75) is 9.79 Å². The van der Waals surface area contributed by atoms with Gasteiger partial charge in [-0.15, -0.1) is 0 Å². The van der Waals surface area contributed by atoms with Crippen LogP contribution in [-0.2, 0) is 0 Å². The molecule has 3 rings (SSSR count). The van der Waals surface area contributed by atoms with Gasteiger partial charge in [-0.2, -0.15) is 0 Å². The lowest BCUT2D eigenvalue weighted by Gasteiger charge is -2.19. The maximum Gasteiger partial charge on any atom is 0.287 e. The number of rotatable bonds is 1. The van der Waals surface area contributed by atoms with E-state index in [2.05, 4.69) is 15.9 Å². The quantitative estimate of drug-likeness (QED) is 0.484. The highest BCUT2D eigenvalue weighted by Gasteiger charge is 2.25. The van der Waals surface area contributed by atoms with Crippen LogP contribution in [0.2, 0.25) is 0 Å². The molecule has 0 amide bonds. The van der Waals surface area contributed by atoms with Crippen LogP contribution in [0.25, 0.3) is 0 Å². The van der Waals surface area contributed by atoms with Crippen LogP contribution >= 0.6 is 27.7 Å². The number of nitro groups is 1. The average Bonchev–Trinajstić information content (AvgIpc) is 2.35. The second kappa shape index (κ2) is 4.29. The molecule has 90 valence electrons. The van der Waals surface area contributed by atoms with Crippen LogP contribution in [0.4, 0.5) is 5.69 Å². The highest BCUT2D eigenvalue weighted by molar-refractivity contribution is 9.10. The molecule has 2 aromatic rings. The smallest absolute Gasteiger partial charge is 0.287 e. The molecule has 4 nitrogen and oxygen atoms in total. The summed E-state index contributed by atoms with van der Waals surface area (Å²) in [5.74, 6) is 1.25. The van der Waals surface area contributed by atoms with Gasteiger partial charge >= 0.3 is 0 Å². The normalized spacial score (nSPS) is 12.3. The Hall–Kier alpha value is -1.53. The SMILES string of the molecule is O=[N+]([O-])c1cccc2c1Sc1cc(Br)ccc1O2. The molecule has 0 fully saturated rings. The molecule has 0 N–H and O–H groups in total. The first-order chi connectivity index (χ1) is 8.65. The molecule has 0 unspecified atom stereocenters. The van der Waals surface area contributed by atoms with Crippen molar-refractivity contribution < 1.29 is 9.66 Å². The first kappa shape index (κ1) is 11.6. The lowest BCUT2D eigenvalue weighted by atomic mass is 10.3. The van der Waals surface area contributed by atoms with Crippen molar-refractivity contribution in [3.05, 3.63) is 51.0 Å². The summed E-state index contributed by atoms with van der Waals surface area (Å²) in [5.41, 5.74) is 0.0723. The fourth-order valence-corrected chi connectivity index (χ4v) is 3.29. The predicted octanol–water partition coefficient (Wildman–Crippen LogP) is 4.61. The van der Waals surface area contributed by atoms with Crippen molar-refractivity contribution in [3.8, 4) is 11.5 Å². The lowest BCUT2D eigenvalue weighted by Crippen LogP contribution is -1.98. The molecule has 1 aliphatic rings. The number of halogens is 1. The van der Waals surface area contributed by atoms with Crippen LogP contribution in [0.3, 0.4) is 0 Å². The largest absolute Gasteiger partial charge is 0.455 e. The van der Waals surface area contributed by atoms with E-state index in [1.807, 2.05) is 18.2 Å². The Labute approximate surface area is 115 Å². The number of hydrogen-bond donors (Lipinski definition) is 0. The van der Waals surface area contributed by atoms with E-state index in [4.69, 9.17) is 4.74 Å². The summed E-state index contributed by atoms with van der Waals surface area (Å²) in [7, 11) is 0. The van der Waals surface area contributed by atoms with Crippen molar-refractivity contribution in [2.24, 2.45) is 0 Å². The zero-order chi connectivity index (χ0) is 12.7. The van der Waals surface area contributed by atoms with Gasteiger partial charge in [0, 0.05) is 10.5 Å². The van der Waals surface area contributed by atoms with Crippen molar-refractivity contribution in [3.63, 3.8) is 0 Å². The molecule has 0 saturated carbocycles. The van der Waals surface area contributed by atoms with E-state index >= 15 is 0 Å². The number of nitro benzene ring substituents is 1. The third kappa shape index (κ3) is 1.87. The van der Waals surface area contributed by atoms with Gasteiger partial charge in [-0.05, 0) is 24.3 Å². The Bertz CT molecular complexity index is 660. The van der Waals surface area contributed by atoms with E-state index in [9.17, 15) is 10.1 Å². The van der Waals surface area contributed by atoms with Crippen LogP contribution in [0.1, 0.15) is 0 Å². The number of nitrogens with zero attached hydrogens (tertiary/aromatic N) is 1. The van der Waals surface area contributed by atoms with Gasteiger partial charge in [0.25, 0.3) is 5.69 Å². The summed E-state index contributed by atoms with van der Waals surface area (Å²) in [6.45, 7) is 0. The van der Waals surface area contributed by atoms with Gasteiger partial charge in [0.15, 0.2) is 0 Å². The molecule has 0 aliphatic carbocycles. The Kier molecular flexibility index (Phi) is 2.76. The zero-order valence-corrected chi connectivity index (χ0v) is 11.3. The molecule has 0 spiro atoms. The number of hydrogen-bond acceptors (Lipinski definition) is 4. The van der Waals surface area contributed by atoms with Crippen molar-refractivity contribution in [1.29, 1.82) is 0 Å². The summed E-state index contributed by atoms with van der Waals surface area (Å²) in [6.07, 6.45) is 0. The van der Waals surface area contributed by atoms with E-state index in [0.29, 0.717) is 10.6 Å². The molecule has 2 aromatic carbocycles. The molecule has 0 aromatic heterocycles. The van der Waals surface area contributed by atoms with Crippen LogP contribution in [0, 0.1) is 10.1 Å². The standard InChI is InChI=1S/C12H6BrNO3S/c13-7-4-5-9-11(6-7)18-12-8(14(15)16)2-1-3-10(12)17-9/h1-6H. The average molecular weight is 324 g/mol. The Morgan fingerprint density at radius 1 is 1.22 bits per heavy atom. The molecule has 0 radical (unpaired) electrons. The summed E-state index contributed by atoms with van der Waals surface area (Å²) in [5, 5.41) is 11.0. The van der Waals surface area contributed by atoms with Crippen molar-refractivity contribution in [1.82, 2.24) is 0 Å². The molecule has 1 aliphatic heterocycles. The van der Waals surface area contributed by atoms with Gasteiger partial charge in [-0.25, -0.2) is 0 Å². The fourth-order valence-electron chi connectivity index (χ4n) is 1.71. The number of fused-ring (bicyclic) bond motifs is 2. The molecule has 0 atom stereocenters. The number of benzene rings is 2. The second-order valence-corrected chi connectivity index (χ2v) is 5.62. The Morgan fingerprint density at radius 3 is 2.83 bits per heavy atom. The molecule has 6 heteroatoms. The second-order valence-electron chi connectivity index (χ2n) is 3.66. The maximum atomic E-state index is 11.0. The minimum Gasteiger partial charge on any atom is -0.455 e. The third-order valence-corrected chi connectivity index (χ3v) is 4.14. The summed E-state index contributed by atoms with van der Waals surface area (Å²) < 4.78 is 6.59. The van der Waals surface area contributed by atoms with Crippen LogP contribution in [-0.4, -0.2) is 4.92 Å². The Morgan fingerprint density at radius 2 is 2.06 bits per heavy atom. The van der Waals surface area contributed by atoms with E-state index in [-0.39, 0.29) is 5.69 Å². The summed E-state index contributed by atoms with van der Waals surface area (Å²) in [4.78, 5) is 12.0. The van der Waals surface area contributed by atoms with Gasteiger partial charge < -0.3 is 4.74 Å². The first-order valence-electron chi connectivity index (χ1n) is 5.08. The van der Waals surface area contributed by atoms with Gasteiger partial charge in [-0.1, -0.05) is 33.8 Å². The summed E-state index contributed by atoms with van der Waals surface area (Å²) >= 11 is 4.73. The molecular weight excluding hydrogens is 318 g/mol. The molecule has 1 heterocycles. The van der Waals surface area contributed by atoms with Crippen LogP contribution in [0.15, 0.2) is 50.7 Å². The molecule has 18 heavy (non-hydrogen) atoms. The lowest BCUT2D eigenvalue weighted by molar-refractivity contribution is -0.387. The third-order valence-electron chi connectivity index (χ3n) is 2.49. The topological polar surface area (TPSA) is 52.4 Å². The highest BCUT2D eigenvalue weighted by Crippen LogP contribution is 2.50. The van der Waals surface area contributed by atoms with Crippen LogP contribution < -0.4 is 4.74 Å². The predicted molar refractivity (Wildman–Crippen MR) is 71.4 cm³/mol. The number of ether oxygens (including phenoxy) is 1. The zero-order valence-electron chi connectivity index (χ0n) is 8.92. The fraction of sp³-hybridized carbons (Fsp3) is 0. The van der Waals surface area contributed by atoms with Crippen molar-refractivity contribution >= 4 is 33.4 Å². The van der Waals surface area contributed by atoms with E-state index in [1.165, 1.54) is 17.8 Å². The van der Waals surface area contributed by atoms with Crippen LogP contribution in [0.5, 0.6) is 11.5 Å². The van der Waals surface area contributed by atoms with E-state index in [0.717, 1.165) is 15.1 Å². The minimum atomic E-state index is -0.391. The summed E-state index contributed by atoms with van der Waals surface area (Å²) in [6, 6.07) is 10.5. The van der Waals surface area contributed by atoms with Gasteiger partial charge in [-0.3, -0.25) is 10.1 Å². The van der Waals surface area contributed by atoms with Gasteiger partial charge in [0.2, 0.25) is 0 Å². The van der Waals surface area contributed by atoms with Gasteiger partial charge in [0.1, 0.15) is 16.4 Å². The molecule has 0 saturated heterocycles. The minimum absolute atomic E-state index is 0.0723. The monoisotopic (exact) mass is 323 g/mol. The molecule has 0 bridgehead atoms. The highest BCUT2D eigenvalue weighted by atomic mass is 79.9. The van der Waals surface area contributed by atoms with E-state index < -0.39 is 4.92 Å². The Balaban J connectivity index is 2.14. The van der Waals surface area contributed by atoms with E-state index in [1.54, 1.807) is 12.1 Å². The first-order valence-corrected chi connectivity index (χ1v) is 6.69. The van der Waals surface area contributed by atoms with Gasteiger partial charge in [0.05, 0.1) is 9.82 Å². The maximum absolute atomic E-state index is 11.0. The molecular formula is C12H6BrNO3S. The van der Waals surface area contributed by atoms with Crippen molar-refractivity contribution in [2.75, 3.05) is 0 Å².